The van der Waals surface area contributed by atoms with Gasteiger partial charge in [-0.25, -0.2) is 9.59 Å². The maximum Gasteiger partial charge on any atom is 0.414 e. The number of halogens is 6. The molecule has 4 rings (SSSR count). The van der Waals surface area contributed by atoms with Crippen molar-refractivity contribution in [1.82, 2.24) is 10.6 Å². The highest BCUT2D eigenvalue weighted by atomic mass is 35.6. The third-order valence-electron chi connectivity index (χ3n) is 7.96. The molecule has 0 spiro atoms. The first-order valence-corrected chi connectivity index (χ1v) is 19.3. The maximum absolute atomic E-state index is 13.2. The molecule has 2 saturated heterocycles. The van der Waals surface area contributed by atoms with E-state index in [0.717, 1.165) is 10.4 Å². The quantitative estimate of drug-likeness (QED) is 0.272. The Morgan fingerprint density at radius 3 is 1.63 bits per heavy atom. The zero-order valence-electron chi connectivity index (χ0n) is 27.6. The molecule has 2 aromatic rings. The summed E-state index contributed by atoms with van der Waals surface area (Å²) >= 11 is 33.8. The number of imide groups is 2. The van der Waals surface area contributed by atoms with E-state index in [1.807, 2.05) is 81.4 Å². The Hall–Kier alpha value is -1.92. The average Bonchev–Trinajstić information content (AvgIpc) is 3.38. The second-order valence-electron chi connectivity index (χ2n) is 12.4. The molecule has 2 fully saturated rings. The Labute approximate surface area is 324 Å². The first-order chi connectivity index (χ1) is 23.6. The number of fused-ring (bicyclic) bond motifs is 1. The van der Waals surface area contributed by atoms with Crippen molar-refractivity contribution in [2.45, 2.75) is 77.0 Å². The number of carbonyl (C=O) groups is 4. The number of amides is 4. The maximum atomic E-state index is 13.2. The Bertz CT molecular complexity index is 1540. The summed E-state index contributed by atoms with van der Waals surface area (Å²) in [5.74, 6) is -4.43. The molecule has 20 heteroatoms. The van der Waals surface area contributed by atoms with Gasteiger partial charge < -0.3 is 28.1 Å². The summed E-state index contributed by atoms with van der Waals surface area (Å²) in [5, 5.41) is 4.91. The molecule has 0 bridgehead atoms. The van der Waals surface area contributed by atoms with Gasteiger partial charge in [-0.15, -0.1) is 0 Å². The van der Waals surface area contributed by atoms with Crippen molar-refractivity contribution in [2.75, 3.05) is 13.7 Å². The molecule has 4 amide bonds. The topological polar surface area (TPSA) is 157 Å². The van der Waals surface area contributed by atoms with Gasteiger partial charge in [0.1, 0.15) is 6.10 Å². The van der Waals surface area contributed by atoms with Gasteiger partial charge in [0.2, 0.25) is 0 Å². The van der Waals surface area contributed by atoms with E-state index < -0.39 is 81.6 Å². The Balaban J connectivity index is 1.79. The molecule has 2 N–H and O–H groups in total. The number of alkyl carbamates (subject to hydrolysis) is 2. The SMILES string of the molecule is CO[C@@]1(C)O[C@@H]2O[C@H](CO[Si](c3ccccc3)(c3ccccc3)C(C)(C)C)[C@@H](OC(=O)NC(=O)C(Cl)(Cl)Cl)[C@H](OC(=O)NC(=O)C(Cl)(Cl)Cl)[C@@H]2O1. The van der Waals surface area contributed by atoms with Crippen LogP contribution in [-0.4, -0.2) is 90.3 Å². The fraction of sp³-hybridized carbons (Fsp3) is 0.484. The van der Waals surface area contributed by atoms with Gasteiger partial charge in [-0.2, -0.15) is 0 Å². The number of benzene rings is 2. The first kappa shape index (κ1) is 41.8. The summed E-state index contributed by atoms with van der Waals surface area (Å²) in [6.07, 6.45) is -10.1. The lowest BCUT2D eigenvalue weighted by molar-refractivity contribution is -0.334. The van der Waals surface area contributed by atoms with Crippen LogP contribution in [0.3, 0.4) is 0 Å². The fourth-order valence-electron chi connectivity index (χ4n) is 5.69. The molecule has 0 aliphatic carbocycles. The lowest BCUT2D eigenvalue weighted by Gasteiger charge is -2.46. The van der Waals surface area contributed by atoms with E-state index in [1.165, 1.54) is 14.0 Å². The normalized spacial score (nSPS) is 25.4. The number of nitrogens with one attached hydrogen (secondary N) is 2. The number of methoxy groups -OCH3 is 1. The van der Waals surface area contributed by atoms with Crippen LogP contribution in [0.15, 0.2) is 60.7 Å². The average molecular weight is 851 g/mol. The minimum atomic E-state index is -3.27. The summed E-state index contributed by atoms with van der Waals surface area (Å²) in [5.41, 5.74) is 0. The standard InChI is InChI=1S/C31H34Cl6N2O11Si/c1-28(2,3)51(17-12-8-6-9-13-17,18-14-10-7-11-15-18)45-16-19-20(47-26(42)38-24(40)30(32,33)34)21(48-27(43)39-25(41)31(35,36)37)22-23(46-19)50-29(4,44-5)49-22/h6-15,19-23H,16H2,1-5H3,(H,38,40,42)(H,39,41,43)/t19-,20-,21+,22+,23+,29-/m1/s1. The lowest BCUT2D eigenvalue weighted by Crippen LogP contribution is -2.68. The Kier molecular flexibility index (Phi) is 13.3. The van der Waals surface area contributed by atoms with Crippen molar-refractivity contribution in [2.24, 2.45) is 0 Å². The van der Waals surface area contributed by atoms with Crippen molar-refractivity contribution in [3.63, 3.8) is 0 Å². The van der Waals surface area contributed by atoms with E-state index in [4.69, 9.17) is 102 Å². The third-order valence-corrected chi connectivity index (χ3v) is 14.0. The van der Waals surface area contributed by atoms with Crippen LogP contribution < -0.4 is 21.0 Å². The zero-order valence-corrected chi connectivity index (χ0v) is 33.2. The van der Waals surface area contributed by atoms with Crippen LogP contribution >= 0.6 is 69.6 Å². The predicted molar refractivity (Wildman–Crippen MR) is 191 cm³/mol. The van der Waals surface area contributed by atoms with Gasteiger partial charge in [0.15, 0.2) is 24.6 Å². The highest BCUT2D eigenvalue weighted by Gasteiger charge is 2.60. The molecule has 0 unspecified atom stereocenters. The second kappa shape index (κ2) is 16.2. The van der Waals surface area contributed by atoms with E-state index in [2.05, 4.69) is 0 Å². The predicted octanol–water partition coefficient (Wildman–Crippen LogP) is 5.01. The molecular formula is C31H34Cl6N2O11Si. The number of rotatable bonds is 8. The summed E-state index contributed by atoms with van der Waals surface area (Å²) < 4.78 is 36.6. The van der Waals surface area contributed by atoms with Gasteiger partial charge in [-0.05, 0) is 15.4 Å². The molecule has 51 heavy (non-hydrogen) atoms. The first-order valence-electron chi connectivity index (χ1n) is 15.1. The van der Waals surface area contributed by atoms with Crippen LogP contribution in [0.4, 0.5) is 9.59 Å². The minimum Gasteiger partial charge on any atom is -0.439 e. The molecule has 0 saturated carbocycles. The fourth-order valence-corrected chi connectivity index (χ4v) is 10.5. The Morgan fingerprint density at radius 1 is 0.765 bits per heavy atom. The summed E-state index contributed by atoms with van der Waals surface area (Å²) in [6.45, 7) is 7.21. The van der Waals surface area contributed by atoms with Crippen LogP contribution in [0.2, 0.25) is 5.04 Å². The monoisotopic (exact) mass is 848 g/mol. The number of carbonyl (C=O) groups excluding carboxylic acids is 4. The van der Waals surface area contributed by atoms with E-state index >= 15 is 0 Å². The summed E-state index contributed by atoms with van der Waals surface area (Å²) in [4.78, 5) is 50.9. The van der Waals surface area contributed by atoms with E-state index in [9.17, 15) is 19.2 Å². The van der Waals surface area contributed by atoms with E-state index in [1.54, 1.807) is 10.6 Å². The molecule has 0 aromatic heterocycles. The van der Waals surface area contributed by atoms with Crippen LogP contribution in [0.25, 0.3) is 0 Å². The van der Waals surface area contributed by atoms with Gasteiger partial charge in [-0.3, -0.25) is 25.0 Å². The third kappa shape index (κ3) is 9.80. The molecule has 0 radical (unpaired) electrons. The van der Waals surface area contributed by atoms with Gasteiger partial charge in [0.25, 0.3) is 33.7 Å². The minimum absolute atomic E-state index is 0.311. The van der Waals surface area contributed by atoms with Crippen molar-refractivity contribution in [1.29, 1.82) is 0 Å². The van der Waals surface area contributed by atoms with Gasteiger partial charge >= 0.3 is 12.2 Å². The van der Waals surface area contributed by atoms with Crippen molar-refractivity contribution < 1.29 is 52.0 Å². The molecule has 280 valence electrons. The van der Waals surface area contributed by atoms with Crippen LogP contribution in [0.5, 0.6) is 0 Å². The molecule has 2 heterocycles. The number of alkyl halides is 6. The molecule has 2 aliphatic rings. The highest BCUT2D eigenvalue weighted by molar-refractivity contribution is 6.99. The summed E-state index contributed by atoms with van der Waals surface area (Å²) in [7, 11) is -1.98. The number of ether oxygens (including phenoxy) is 6. The molecule has 2 aromatic carbocycles. The van der Waals surface area contributed by atoms with Crippen LogP contribution in [0.1, 0.15) is 27.7 Å². The lowest BCUT2D eigenvalue weighted by atomic mass is 9.99. The number of hydrogen-bond acceptors (Lipinski definition) is 11. The van der Waals surface area contributed by atoms with Crippen LogP contribution in [-0.2, 0) is 42.4 Å². The Morgan fingerprint density at radius 2 is 1.22 bits per heavy atom. The second-order valence-corrected chi connectivity index (χ2v) is 21.3. The molecule has 6 atom stereocenters. The largest absolute Gasteiger partial charge is 0.439 e. The smallest absolute Gasteiger partial charge is 0.414 e. The van der Waals surface area contributed by atoms with E-state index in [-0.39, 0.29) is 6.61 Å². The van der Waals surface area contributed by atoms with Crippen molar-refractivity contribution in [3.8, 4) is 0 Å². The zero-order chi connectivity index (χ0) is 38.0. The molecular weight excluding hydrogens is 817 g/mol. The van der Waals surface area contributed by atoms with Gasteiger partial charge in [-0.1, -0.05) is 151 Å². The number of hydrogen-bond donors (Lipinski definition) is 2. The van der Waals surface area contributed by atoms with Gasteiger partial charge in [0, 0.05) is 14.0 Å². The van der Waals surface area contributed by atoms with Crippen molar-refractivity contribution in [3.05, 3.63) is 60.7 Å². The molecule has 2 aliphatic heterocycles. The van der Waals surface area contributed by atoms with Gasteiger partial charge in [0.05, 0.1) is 6.61 Å². The van der Waals surface area contributed by atoms with E-state index in [0.29, 0.717) is 0 Å². The van der Waals surface area contributed by atoms with Crippen LogP contribution in [0, 0.1) is 0 Å². The summed E-state index contributed by atoms with van der Waals surface area (Å²) in [6, 6.07) is 19.2. The molecule has 13 nitrogen and oxygen atoms in total. The highest BCUT2D eigenvalue weighted by Crippen LogP contribution is 2.41. The van der Waals surface area contributed by atoms with Crippen molar-refractivity contribution >= 4 is 112 Å².